The molecule has 0 radical (unpaired) electrons. The highest BCUT2D eigenvalue weighted by molar-refractivity contribution is 7.25. The van der Waals surface area contributed by atoms with Gasteiger partial charge in [-0.05, 0) is 36.4 Å². The van der Waals surface area contributed by atoms with Crippen LogP contribution in [0.5, 0.6) is 0 Å². The van der Waals surface area contributed by atoms with E-state index in [0.717, 1.165) is 22.2 Å². The largest absolute Gasteiger partial charge is 0.278 e. The fourth-order valence-corrected chi connectivity index (χ4v) is 6.40. The lowest BCUT2D eigenvalue weighted by Crippen LogP contribution is -2.06. The number of fused-ring (bicyclic) bond motifs is 6. The lowest BCUT2D eigenvalue weighted by molar-refractivity contribution is 0.954. The van der Waals surface area contributed by atoms with Gasteiger partial charge in [-0.3, -0.25) is 4.57 Å². The van der Waals surface area contributed by atoms with Gasteiger partial charge in [-0.1, -0.05) is 84.9 Å². The van der Waals surface area contributed by atoms with Crippen molar-refractivity contribution in [3.63, 3.8) is 0 Å². The Hall–Kier alpha value is -4.87. The zero-order valence-electron chi connectivity index (χ0n) is 20.2. The van der Waals surface area contributed by atoms with Gasteiger partial charge >= 0.3 is 0 Å². The third-order valence-electron chi connectivity index (χ3n) is 7.07. The van der Waals surface area contributed by atoms with E-state index >= 15 is 0 Å². The molecule has 0 amide bonds. The molecule has 178 valence electrons. The van der Waals surface area contributed by atoms with Crippen LogP contribution in [0.4, 0.5) is 0 Å². The number of hydrogen-bond donors (Lipinski definition) is 0. The minimum Gasteiger partial charge on any atom is -0.278 e. The maximum atomic E-state index is 5.09. The third kappa shape index (κ3) is 3.26. The van der Waals surface area contributed by atoms with E-state index in [9.17, 15) is 0 Å². The fourth-order valence-electron chi connectivity index (χ4n) is 5.31. The molecule has 4 nitrogen and oxygen atoms in total. The van der Waals surface area contributed by atoms with Crippen molar-refractivity contribution in [2.75, 3.05) is 0 Å². The van der Waals surface area contributed by atoms with Crippen LogP contribution in [-0.2, 0) is 0 Å². The highest BCUT2D eigenvalue weighted by Gasteiger charge is 2.18. The summed E-state index contributed by atoms with van der Waals surface area (Å²) in [6.07, 6.45) is 0. The summed E-state index contributed by atoms with van der Waals surface area (Å²) in [5, 5.41) is 4.84. The predicted octanol–water partition coefficient (Wildman–Crippen LogP) is 8.67. The Morgan fingerprint density at radius 2 is 1.03 bits per heavy atom. The van der Waals surface area contributed by atoms with Crippen LogP contribution >= 0.6 is 11.3 Å². The van der Waals surface area contributed by atoms with Gasteiger partial charge in [0.25, 0.3) is 0 Å². The van der Waals surface area contributed by atoms with Crippen LogP contribution in [0.1, 0.15) is 0 Å². The average molecular weight is 505 g/mol. The van der Waals surface area contributed by atoms with E-state index in [0.29, 0.717) is 17.6 Å². The summed E-state index contributed by atoms with van der Waals surface area (Å²) in [4.78, 5) is 15.1. The molecule has 8 aromatic rings. The van der Waals surface area contributed by atoms with E-state index in [4.69, 9.17) is 15.0 Å². The van der Waals surface area contributed by atoms with Crippen LogP contribution in [0.25, 0.3) is 70.7 Å². The number of nitrogens with zero attached hydrogens (tertiary/aromatic N) is 4. The first-order valence-corrected chi connectivity index (χ1v) is 13.4. The SMILES string of the molecule is c1ccc(-c2nc(-c3ccc4sc5ccccc5c4c3)nc(-n3c4ccccc4c4ccccc43)n2)cc1. The number of aromatic nitrogens is 4. The van der Waals surface area contributed by atoms with Gasteiger partial charge in [0.2, 0.25) is 5.95 Å². The van der Waals surface area contributed by atoms with Gasteiger partial charge in [-0.2, -0.15) is 9.97 Å². The molecule has 0 aliphatic rings. The first-order valence-electron chi connectivity index (χ1n) is 12.6. The zero-order chi connectivity index (χ0) is 25.1. The van der Waals surface area contributed by atoms with Crippen LogP contribution < -0.4 is 0 Å². The molecule has 5 aromatic carbocycles. The maximum absolute atomic E-state index is 5.09. The number of benzene rings is 5. The smallest absolute Gasteiger partial charge is 0.238 e. The van der Waals surface area contributed by atoms with Gasteiger partial charge in [0.05, 0.1) is 11.0 Å². The molecule has 0 aliphatic heterocycles. The Labute approximate surface area is 222 Å². The number of hydrogen-bond acceptors (Lipinski definition) is 4. The summed E-state index contributed by atoms with van der Waals surface area (Å²) < 4.78 is 4.70. The lowest BCUT2D eigenvalue weighted by Gasteiger charge is -2.11. The van der Waals surface area contributed by atoms with Crippen molar-refractivity contribution < 1.29 is 0 Å². The van der Waals surface area contributed by atoms with Crippen molar-refractivity contribution in [3.05, 3.63) is 121 Å². The Morgan fingerprint density at radius 1 is 0.447 bits per heavy atom. The summed E-state index contributed by atoms with van der Waals surface area (Å²) in [5.41, 5.74) is 4.08. The van der Waals surface area contributed by atoms with Crippen molar-refractivity contribution in [1.82, 2.24) is 19.5 Å². The maximum Gasteiger partial charge on any atom is 0.238 e. The van der Waals surface area contributed by atoms with Gasteiger partial charge in [0.15, 0.2) is 11.6 Å². The fraction of sp³-hybridized carbons (Fsp3) is 0. The van der Waals surface area contributed by atoms with Gasteiger partial charge in [0, 0.05) is 42.1 Å². The second-order valence-electron chi connectivity index (χ2n) is 9.33. The predicted molar refractivity (Wildman–Crippen MR) is 158 cm³/mol. The van der Waals surface area contributed by atoms with Crippen LogP contribution in [0.2, 0.25) is 0 Å². The van der Waals surface area contributed by atoms with E-state index in [2.05, 4.69) is 95.6 Å². The van der Waals surface area contributed by atoms with Crippen molar-refractivity contribution in [1.29, 1.82) is 0 Å². The Kier molecular flexibility index (Phi) is 4.66. The van der Waals surface area contributed by atoms with Gasteiger partial charge in [-0.25, -0.2) is 4.98 Å². The Morgan fingerprint density at radius 3 is 1.76 bits per heavy atom. The molecule has 0 atom stereocenters. The molecule has 0 saturated heterocycles. The third-order valence-corrected chi connectivity index (χ3v) is 8.22. The number of thiophene rings is 1. The Bertz CT molecular complexity index is 2090. The zero-order valence-corrected chi connectivity index (χ0v) is 21.1. The standard InChI is InChI=1S/C33H20N4S/c1-2-10-21(11-3-1)31-34-32(22-18-19-30-26(20-22)25-14-6-9-17-29(25)38-30)36-33(35-31)37-27-15-7-4-12-23(27)24-13-5-8-16-28(24)37/h1-20H. The van der Waals surface area contributed by atoms with Crippen LogP contribution in [-0.4, -0.2) is 19.5 Å². The molecule has 0 spiro atoms. The first kappa shape index (κ1) is 21.2. The lowest BCUT2D eigenvalue weighted by atomic mass is 10.1. The van der Waals surface area contributed by atoms with E-state index in [-0.39, 0.29) is 0 Å². The van der Waals surface area contributed by atoms with E-state index in [1.165, 1.54) is 30.9 Å². The molecule has 0 saturated carbocycles. The van der Waals surface area contributed by atoms with Crippen molar-refractivity contribution in [2.24, 2.45) is 0 Å². The van der Waals surface area contributed by atoms with E-state index in [1.54, 1.807) is 0 Å². The second-order valence-corrected chi connectivity index (χ2v) is 10.4. The normalized spacial score (nSPS) is 11.7. The summed E-state index contributed by atoms with van der Waals surface area (Å²) >= 11 is 1.81. The van der Waals surface area contributed by atoms with Crippen LogP contribution in [0.15, 0.2) is 121 Å². The topological polar surface area (TPSA) is 43.6 Å². The first-order chi connectivity index (χ1) is 18.8. The van der Waals surface area contributed by atoms with Crippen molar-refractivity contribution in [2.45, 2.75) is 0 Å². The average Bonchev–Trinajstić information content (AvgIpc) is 3.53. The molecule has 0 aliphatic carbocycles. The van der Waals surface area contributed by atoms with Crippen LogP contribution in [0, 0.1) is 0 Å². The van der Waals surface area contributed by atoms with Crippen LogP contribution in [0.3, 0.4) is 0 Å². The molecule has 3 heterocycles. The molecular formula is C33H20N4S. The highest BCUT2D eigenvalue weighted by Crippen LogP contribution is 2.36. The summed E-state index contributed by atoms with van der Waals surface area (Å²) in [6.45, 7) is 0. The summed E-state index contributed by atoms with van der Waals surface area (Å²) in [7, 11) is 0. The number of rotatable bonds is 3. The quantitative estimate of drug-likeness (QED) is 0.242. The minimum absolute atomic E-state index is 0.613. The molecule has 0 unspecified atom stereocenters. The molecule has 38 heavy (non-hydrogen) atoms. The highest BCUT2D eigenvalue weighted by atomic mass is 32.1. The molecule has 3 aromatic heterocycles. The second kappa shape index (κ2) is 8.33. The Balaban J connectivity index is 1.43. The molecule has 8 rings (SSSR count). The van der Waals surface area contributed by atoms with Crippen molar-refractivity contribution in [3.8, 4) is 28.7 Å². The van der Waals surface area contributed by atoms with E-state index < -0.39 is 0 Å². The number of para-hydroxylation sites is 2. The monoisotopic (exact) mass is 504 g/mol. The van der Waals surface area contributed by atoms with Gasteiger partial charge in [0.1, 0.15) is 0 Å². The molecular weight excluding hydrogens is 484 g/mol. The molecule has 5 heteroatoms. The molecule has 0 bridgehead atoms. The minimum atomic E-state index is 0.613. The summed E-state index contributed by atoms with van der Waals surface area (Å²) in [6, 6.07) is 42.1. The summed E-state index contributed by atoms with van der Waals surface area (Å²) in [5.74, 6) is 1.93. The molecule has 0 N–H and O–H groups in total. The van der Waals surface area contributed by atoms with E-state index in [1.807, 2.05) is 41.7 Å². The van der Waals surface area contributed by atoms with Crippen molar-refractivity contribution >= 4 is 53.3 Å². The van der Waals surface area contributed by atoms with Gasteiger partial charge < -0.3 is 0 Å². The van der Waals surface area contributed by atoms with Gasteiger partial charge in [-0.15, -0.1) is 11.3 Å². The molecule has 0 fully saturated rings.